The molecular weight excluding hydrogens is 338 g/mol. The van der Waals surface area contributed by atoms with Gasteiger partial charge in [0.2, 0.25) is 0 Å². The minimum absolute atomic E-state index is 0.0847. The largest absolute Gasteiger partial charge is 0.494 e. The van der Waals surface area contributed by atoms with Crippen molar-refractivity contribution in [1.82, 2.24) is 0 Å². The first-order valence-corrected chi connectivity index (χ1v) is 7.69. The third kappa shape index (κ3) is 3.98. The second-order valence-corrected chi connectivity index (χ2v) is 5.85. The van der Waals surface area contributed by atoms with E-state index in [1.54, 1.807) is 0 Å². The third-order valence-electron chi connectivity index (χ3n) is 3.03. The van der Waals surface area contributed by atoms with E-state index in [0.29, 0.717) is 6.61 Å². The topological polar surface area (TPSA) is 35.2 Å². The van der Waals surface area contributed by atoms with Crippen LogP contribution >= 0.6 is 27.5 Å². The molecule has 0 saturated carbocycles. The summed E-state index contributed by atoms with van der Waals surface area (Å²) in [5, 5.41) is 0.737. The molecule has 20 heavy (non-hydrogen) atoms. The zero-order valence-electron chi connectivity index (χ0n) is 11.3. The van der Waals surface area contributed by atoms with Crippen LogP contribution in [0, 0.1) is 0 Å². The lowest BCUT2D eigenvalue weighted by Crippen LogP contribution is -2.14. The lowest BCUT2D eigenvalue weighted by molar-refractivity contribution is 0.340. The van der Waals surface area contributed by atoms with Crippen LogP contribution in [0.25, 0.3) is 0 Å². The van der Waals surface area contributed by atoms with Crippen molar-refractivity contribution in [1.29, 1.82) is 0 Å². The number of nitrogens with two attached hydrogens (primary N) is 1. The molecule has 106 valence electrons. The van der Waals surface area contributed by atoms with Gasteiger partial charge in [0.25, 0.3) is 0 Å². The van der Waals surface area contributed by atoms with Crippen LogP contribution in [0.1, 0.15) is 24.1 Å². The number of halogens is 2. The lowest BCUT2D eigenvalue weighted by Gasteiger charge is -2.15. The van der Waals surface area contributed by atoms with Crippen LogP contribution in [-0.2, 0) is 6.42 Å². The zero-order chi connectivity index (χ0) is 14.5. The molecule has 0 fully saturated rings. The summed E-state index contributed by atoms with van der Waals surface area (Å²) in [6.07, 6.45) is 0.743. The van der Waals surface area contributed by atoms with Crippen LogP contribution in [0.2, 0.25) is 5.02 Å². The van der Waals surface area contributed by atoms with Gasteiger partial charge in [0.05, 0.1) is 6.61 Å². The Hall–Kier alpha value is -1.03. The van der Waals surface area contributed by atoms with Gasteiger partial charge in [0, 0.05) is 15.5 Å². The highest BCUT2D eigenvalue weighted by molar-refractivity contribution is 9.10. The molecule has 0 saturated heterocycles. The molecule has 2 aromatic carbocycles. The van der Waals surface area contributed by atoms with Gasteiger partial charge in [-0.05, 0) is 48.7 Å². The van der Waals surface area contributed by atoms with Gasteiger partial charge < -0.3 is 10.5 Å². The summed E-state index contributed by atoms with van der Waals surface area (Å²) in [7, 11) is 0. The molecule has 0 aromatic heterocycles. The molecule has 0 spiro atoms. The van der Waals surface area contributed by atoms with Crippen LogP contribution in [0.15, 0.2) is 46.9 Å². The van der Waals surface area contributed by atoms with Gasteiger partial charge in [-0.15, -0.1) is 0 Å². The van der Waals surface area contributed by atoms with Gasteiger partial charge in [0.1, 0.15) is 5.75 Å². The Morgan fingerprint density at radius 1 is 1.25 bits per heavy atom. The fourth-order valence-corrected chi connectivity index (χ4v) is 2.96. The molecule has 0 aliphatic rings. The van der Waals surface area contributed by atoms with Crippen molar-refractivity contribution in [2.45, 2.75) is 19.4 Å². The Labute approximate surface area is 133 Å². The van der Waals surface area contributed by atoms with E-state index in [2.05, 4.69) is 15.9 Å². The SMILES string of the molecule is CCOc1ccc(C(N)Cc2cccc(Cl)c2)c(Br)c1. The molecule has 4 heteroatoms. The van der Waals surface area contributed by atoms with Gasteiger partial charge in [-0.3, -0.25) is 0 Å². The molecular formula is C16H17BrClNO. The standard InChI is InChI=1S/C16H17BrClNO/c1-2-20-13-6-7-14(15(17)10-13)16(19)9-11-4-3-5-12(18)8-11/h3-8,10,16H,2,9,19H2,1H3. The van der Waals surface area contributed by atoms with Crippen molar-refractivity contribution in [3.05, 3.63) is 63.1 Å². The van der Waals surface area contributed by atoms with Gasteiger partial charge in [-0.1, -0.05) is 45.7 Å². The maximum absolute atomic E-state index is 6.29. The van der Waals surface area contributed by atoms with E-state index < -0.39 is 0 Å². The second-order valence-electron chi connectivity index (χ2n) is 4.56. The van der Waals surface area contributed by atoms with E-state index in [1.807, 2.05) is 49.4 Å². The first-order valence-electron chi connectivity index (χ1n) is 6.52. The predicted molar refractivity (Wildman–Crippen MR) is 87.4 cm³/mol. The highest BCUT2D eigenvalue weighted by Crippen LogP contribution is 2.29. The highest BCUT2D eigenvalue weighted by atomic mass is 79.9. The summed E-state index contributed by atoms with van der Waals surface area (Å²) < 4.78 is 6.44. The molecule has 2 aromatic rings. The Kier molecular flexibility index (Phi) is 5.46. The third-order valence-corrected chi connectivity index (χ3v) is 3.95. The van der Waals surface area contributed by atoms with Crippen molar-refractivity contribution in [2.24, 2.45) is 5.73 Å². The zero-order valence-corrected chi connectivity index (χ0v) is 13.6. The van der Waals surface area contributed by atoms with Crippen LogP contribution < -0.4 is 10.5 Å². The molecule has 2 N–H and O–H groups in total. The van der Waals surface area contributed by atoms with Crippen molar-refractivity contribution in [2.75, 3.05) is 6.61 Å². The summed E-state index contributed by atoms with van der Waals surface area (Å²) in [6.45, 7) is 2.62. The smallest absolute Gasteiger partial charge is 0.120 e. The second kappa shape index (κ2) is 7.11. The van der Waals surface area contributed by atoms with E-state index in [4.69, 9.17) is 22.1 Å². The van der Waals surface area contributed by atoms with Gasteiger partial charge in [0.15, 0.2) is 0 Å². The molecule has 0 aliphatic heterocycles. The summed E-state index contributed by atoms with van der Waals surface area (Å²) in [4.78, 5) is 0. The van der Waals surface area contributed by atoms with E-state index in [9.17, 15) is 0 Å². The predicted octanol–water partition coefficient (Wildman–Crippen LogP) is 4.74. The Bertz CT molecular complexity index is 588. The maximum Gasteiger partial charge on any atom is 0.120 e. The molecule has 0 heterocycles. The Morgan fingerprint density at radius 2 is 2.05 bits per heavy atom. The monoisotopic (exact) mass is 353 g/mol. The molecule has 2 nitrogen and oxygen atoms in total. The van der Waals surface area contributed by atoms with Crippen molar-refractivity contribution >= 4 is 27.5 Å². The first kappa shape index (κ1) is 15.4. The van der Waals surface area contributed by atoms with Crippen LogP contribution in [0.5, 0.6) is 5.75 Å². The summed E-state index contributed by atoms with van der Waals surface area (Å²) in [5.74, 6) is 0.845. The molecule has 0 aliphatic carbocycles. The number of hydrogen-bond acceptors (Lipinski definition) is 2. The van der Waals surface area contributed by atoms with Gasteiger partial charge in [-0.2, -0.15) is 0 Å². The summed E-state index contributed by atoms with van der Waals surface area (Å²) >= 11 is 9.55. The lowest BCUT2D eigenvalue weighted by atomic mass is 10.00. The highest BCUT2D eigenvalue weighted by Gasteiger charge is 2.12. The normalized spacial score (nSPS) is 12.2. The van der Waals surface area contributed by atoms with Crippen molar-refractivity contribution < 1.29 is 4.74 Å². The Morgan fingerprint density at radius 3 is 2.70 bits per heavy atom. The first-order chi connectivity index (χ1) is 9.60. The molecule has 0 radical (unpaired) electrons. The average Bonchev–Trinajstić information content (AvgIpc) is 2.39. The fraction of sp³-hybridized carbons (Fsp3) is 0.250. The number of rotatable bonds is 5. The van der Waals surface area contributed by atoms with Crippen molar-refractivity contribution in [3.63, 3.8) is 0 Å². The minimum Gasteiger partial charge on any atom is -0.494 e. The molecule has 2 rings (SSSR count). The summed E-state index contributed by atoms with van der Waals surface area (Å²) in [5.41, 5.74) is 8.48. The fourth-order valence-electron chi connectivity index (χ4n) is 2.09. The number of benzene rings is 2. The molecule has 1 atom stereocenters. The van der Waals surface area contributed by atoms with Gasteiger partial charge in [-0.25, -0.2) is 0 Å². The van der Waals surface area contributed by atoms with Crippen LogP contribution in [0.3, 0.4) is 0 Å². The van der Waals surface area contributed by atoms with E-state index in [1.165, 1.54) is 0 Å². The minimum atomic E-state index is -0.0847. The number of hydrogen-bond donors (Lipinski definition) is 1. The van der Waals surface area contributed by atoms with E-state index in [-0.39, 0.29) is 6.04 Å². The molecule has 0 bridgehead atoms. The van der Waals surface area contributed by atoms with Crippen LogP contribution in [0.4, 0.5) is 0 Å². The molecule has 0 amide bonds. The summed E-state index contributed by atoms with van der Waals surface area (Å²) in [6, 6.07) is 13.6. The van der Waals surface area contributed by atoms with Crippen LogP contribution in [-0.4, -0.2) is 6.61 Å². The van der Waals surface area contributed by atoms with Gasteiger partial charge >= 0.3 is 0 Å². The van der Waals surface area contributed by atoms with E-state index >= 15 is 0 Å². The average molecular weight is 355 g/mol. The van der Waals surface area contributed by atoms with Crippen molar-refractivity contribution in [3.8, 4) is 5.75 Å². The van der Waals surface area contributed by atoms with E-state index in [0.717, 1.165) is 32.8 Å². The molecule has 1 unspecified atom stereocenters. The Balaban J connectivity index is 2.14. The maximum atomic E-state index is 6.29. The number of ether oxygens (including phenoxy) is 1. The quantitative estimate of drug-likeness (QED) is 0.841.